The van der Waals surface area contributed by atoms with Crippen molar-refractivity contribution in [1.82, 2.24) is 9.80 Å². The molecule has 0 amide bonds. The molecule has 0 aliphatic carbocycles. The van der Waals surface area contributed by atoms with E-state index in [1.54, 1.807) is 0 Å². The Morgan fingerprint density at radius 1 is 1.13 bits per heavy atom. The Labute approximate surface area is 94.4 Å². The number of piperazine rings is 1. The van der Waals surface area contributed by atoms with E-state index in [2.05, 4.69) is 23.6 Å². The van der Waals surface area contributed by atoms with Crippen LogP contribution in [0.3, 0.4) is 0 Å². The molecule has 2 fully saturated rings. The van der Waals surface area contributed by atoms with Crippen molar-refractivity contribution in [1.29, 1.82) is 0 Å². The van der Waals surface area contributed by atoms with Crippen molar-refractivity contribution in [3.8, 4) is 0 Å². The molecule has 0 unspecified atom stereocenters. The van der Waals surface area contributed by atoms with E-state index < -0.39 is 0 Å². The van der Waals surface area contributed by atoms with Gasteiger partial charge in [-0.15, -0.1) is 0 Å². The van der Waals surface area contributed by atoms with Gasteiger partial charge in [-0.05, 0) is 13.8 Å². The van der Waals surface area contributed by atoms with Gasteiger partial charge in [0.1, 0.15) is 0 Å². The van der Waals surface area contributed by atoms with Crippen molar-refractivity contribution in [2.45, 2.75) is 39.8 Å². The summed E-state index contributed by atoms with van der Waals surface area (Å²) in [6.07, 6.45) is 0. The molecule has 3 nitrogen and oxygen atoms in total. The predicted molar refractivity (Wildman–Crippen MR) is 64.2 cm³/mol. The van der Waals surface area contributed by atoms with Crippen LogP contribution >= 0.6 is 0 Å². The van der Waals surface area contributed by atoms with Gasteiger partial charge in [0.05, 0.1) is 13.2 Å². The van der Waals surface area contributed by atoms with Gasteiger partial charge in [-0.1, -0.05) is 13.8 Å². The molecule has 90 valence electrons. The van der Waals surface area contributed by atoms with Crippen LogP contribution in [0.1, 0.15) is 27.7 Å². The summed E-state index contributed by atoms with van der Waals surface area (Å²) in [5.41, 5.74) is 0. The fourth-order valence-electron chi connectivity index (χ4n) is 2.24. The quantitative estimate of drug-likeness (QED) is 0.657. The molecule has 1 atom stereocenters. The third kappa shape index (κ3) is 3.44. The lowest BCUT2D eigenvalue weighted by molar-refractivity contribution is -0.0501. The maximum Gasteiger partial charge on any atom is 0.0634 e. The Hall–Kier alpha value is -0.120. The van der Waals surface area contributed by atoms with Crippen molar-refractivity contribution < 1.29 is 4.74 Å². The van der Waals surface area contributed by atoms with E-state index in [9.17, 15) is 0 Å². The van der Waals surface area contributed by atoms with E-state index in [0.29, 0.717) is 12.1 Å². The van der Waals surface area contributed by atoms with Crippen LogP contribution in [0.2, 0.25) is 0 Å². The van der Waals surface area contributed by atoms with Gasteiger partial charge < -0.3 is 4.74 Å². The second kappa shape index (κ2) is 6.46. The smallest absolute Gasteiger partial charge is 0.0634 e. The highest BCUT2D eigenvalue weighted by atomic mass is 16.5. The zero-order valence-corrected chi connectivity index (χ0v) is 10.7. The fraction of sp³-hybridized carbons (Fsp3) is 1.00. The lowest BCUT2D eigenvalue weighted by Gasteiger charge is -2.45. The van der Waals surface area contributed by atoms with Gasteiger partial charge in [-0.3, -0.25) is 9.80 Å². The monoisotopic (exact) mass is 214 g/mol. The summed E-state index contributed by atoms with van der Waals surface area (Å²) in [5.74, 6) is 0. The highest BCUT2D eigenvalue weighted by Gasteiger charge is 2.30. The van der Waals surface area contributed by atoms with Gasteiger partial charge in [0, 0.05) is 38.3 Å². The van der Waals surface area contributed by atoms with Gasteiger partial charge in [0.15, 0.2) is 0 Å². The topological polar surface area (TPSA) is 15.7 Å². The SMILES string of the molecule is CC.CC(C)N1CCN2CCOC[C@H]2C1. The summed E-state index contributed by atoms with van der Waals surface area (Å²) in [6, 6.07) is 1.34. The van der Waals surface area contributed by atoms with Gasteiger partial charge in [-0.2, -0.15) is 0 Å². The normalized spacial score (nSPS) is 28.2. The molecule has 3 heteroatoms. The molecule has 2 heterocycles. The van der Waals surface area contributed by atoms with Crippen LogP contribution in [-0.4, -0.2) is 61.3 Å². The molecule has 0 bridgehead atoms. The van der Waals surface area contributed by atoms with E-state index in [-0.39, 0.29) is 0 Å². The van der Waals surface area contributed by atoms with Crippen LogP contribution in [-0.2, 0) is 4.74 Å². The van der Waals surface area contributed by atoms with Crippen molar-refractivity contribution in [2.24, 2.45) is 0 Å². The predicted octanol–water partition coefficient (Wildman–Crippen LogP) is 1.44. The number of nitrogens with zero attached hydrogens (tertiary/aromatic N) is 2. The highest BCUT2D eigenvalue weighted by molar-refractivity contribution is 4.85. The van der Waals surface area contributed by atoms with Crippen molar-refractivity contribution in [3.05, 3.63) is 0 Å². The maximum atomic E-state index is 5.50. The summed E-state index contributed by atoms with van der Waals surface area (Å²) in [7, 11) is 0. The molecule has 0 aromatic carbocycles. The van der Waals surface area contributed by atoms with Gasteiger partial charge in [-0.25, -0.2) is 0 Å². The average molecular weight is 214 g/mol. The van der Waals surface area contributed by atoms with Gasteiger partial charge in [0.2, 0.25) is 0 Å². The fourth-order valence-corrected chi connectivity index (χ4v) is 2.24. The molecule has 15 heavy (non-hydrogen) atoms. The zero-order valence-electron chi connectivity index (χ0n) is 10.7. The molecule has 0 saturated carbocycles. The van der Waals surface area contributed by atoms with Crippen LogP contribution < -0.4 is 0 Å². The maximum absolute atomic E-state index is 5.50. The molecular weight excluding hydrogens is 188 g/mol. The molecule has 2 rings (SSSR count). The van der Waals surface area contributed by atoms with Crippen molar-refractivity contribution >= 4 is 0 Å². The summed E-state index contributed by atoms with van der Waals surface area (Å²) in [5, 5.41) is 0. The molecule has 2 saturated heterocycles. The minimum absolute atomic E-state index is 0.657. The third-order valence-corrected chi connectivity index (χ3v) is 3.20. The second-order valence-corrected chi connectivity index (χ2v) is 4.35. The van der Waals surface area contributed by atoms with E-state index in [1.807, 2.05) is 13.8 Å². The van der Waals surface area contributed by atoms with Crippen LogP contribution in [0.5, 0.6) is 0 Å². The second-order valence-electron chi connectivity index (χ2n) is 4.35. The number of hydrogen-bond acceptors (Lipinski definition) is 3. The Morgan fingerprint density at radius 3 is 2.53 bits per heavy atom. The number of fused-ring (bicyclic) bond motifs is 1. The van der Waals surface area contributed by atoms with E-state index in [0.717, 1.165) is 19.8 Å². The average Bonchev–Trinajstić information content (AvgIpc) is 2.31. The lowest BCUT2D eigenvalue weighted by Crippen LogP contribution is -2.59. The zero-order chi connectivity index (χ0) is 11.3. The van der Waals surface area contributed by atoms with Crippen molar-refractivity contribution in [3.63, 3.8) is 0 Å². The third-order valence-electron chi connectivity index (χ3n) is 3.20. The van der Waals surface area contributed by atoms with E-state index in [4.69, 9.17) is 4.74 Å². The molecule has 2 aliphatic rings. The molecule has 0 aromatic rings. The number of hydrogen-bond donors (Lipinski definition) is 0. The first-order chi connectivity index (χ1) is 7.27. The Kier molecular flexibility index (Phi) is 5.58. The van der Waals surface area contributed by atoms with Crippen LogP contribution in [0, 0.1) is 0 Å². The van der Waals surface area contributed by atoms with E-state index >= 15 is 0 Å². The van der Waals surface area contributed by atoms with E-state index in [1.165, 1.54) is 19.6 Å². The molecule has 0 aromatic heterocycles. The van der Waals surface area contributed by atoms with Crippen LogP contribution in [0.4, 0.5) is 0 Å². The molecule has 0 spiro atoms. The standard InChI is InChI=1S/C10H20N2O.C2H6/c1-9(2)12-4-3-11-5-6-13-8-10(11)7-12;1-2/h9-10H,3-8H2,1-2H3;1-2H3/t10-;/m1./s1. The first-order valence-corrected chi connectivity index (χ1v) is 6.33. The van der Waals surface area contributed by atoms with Gasteiger partial charge in [0.25, 0.3) is 0 Å². The van der Waals surface area contributed by atoms with Crippen LogP contribution in [0.25, 0.3) is 0 Å². The highest BCUT2D eigenvalue weighted by Crippen LogP contribution is 2.15. The lowest BCUT2D eigenvalue weighted by atomic mass is 10.1. The Balaban J connectivity index is 0.000000531. The Bertz CT molecular complexity index is 173. The minimum Gasteiger partial charge on any atom is -0.378 e. The summed E-state index contributed by atoms with van der Waals surface area (Å²) < 4.78 is 5.50. The van der Waals surface area contributed by atoms with Gasteiger partial charge >= 0.3 is 0 Å². The summed E-state index contributed by atoms with van der Waals surface area (Å²) in [4.78, 5) is 5.12. The van der Waals surface area contributed by atoms with Crippen LogP contribution in [0.15, 0.2) is 0 Å². The first-order valence-electron chi connectivity index (χ1n) is 6.33. The number of rotatable bonds is 1. The first kappa shape index (κ1) is 12.9. The molecule has 0 radical (unpaired) electrons. The Morgan fingerprint density at radius 2 is 1.87 bits per heavy atom. The van der Waals surface area contributed by atoms with Crippen molar-refractivity contribution in [2.75, 3.05) is 39.4 Å². The summed E-state index contributed by atoms with van der Waals surface area (Å²) in [6.45, 7) is 15.2. The molecular formula is C12H26N2O. The molecule has 2 aliphatic heterocycles. The number of ether oxygens (including phenoxy) is 1. The largest absolute Gasteiger partial charge is 0.378 e. The number of morpholine rings is 1. The summed E-state index contributed by atoms with van der Waals surface area (Å²) >= 11 is 0. The minimum atomic E-state index is 0.657. The molecule has 0 N–H and O–H groups in total.